The lowest BCUT2D eigenvalue weighted by Gasteiger charge is -2.26. The highest BCUT2D eigenvalue weighted by Crippen LogP contribution is 2.18. The van der Waals surface area contributed by atoms with E-state index in [0.717, 1.165) is 23.5 Å². The Bertz CT molecular complexity index is 752. The Balaban J connectivity index is 1.51. The predicted octanol–water partition coefficient (Wildman–Crippen LogP) is 4.31. The molecule has 1 heterocycles. The minimum atomic E-state index is -0.140. The third-order valence-electron chi connectivity index (χ3n) is 4.91. The molecule has 0 radical (unpaired) electrons. The summed E-state index contributed by atoms with van der Waals surface area (Å²) < 4.78 is 5.61. The second-order valence-electron chi connectivity index (χ2n) is 7.12. The van der Waals surface area contributed by atoms with Crippen molar-refractivity contribution in [1.29, 1.82) is 0 Å². The number of likely N-dealkylation sites (tertiary alicyclic amines) is 1. The highest BCUT2D eigenvalue weighted by atomic mass is 16.5. The van der Waals surface area contributed by atoms with Crippen LogP contribution in [-0.4, -0.2) is 30.5 Å². The Morgan fingerprint density at radius 2 is 1.85 bits per heavy atom. The normalized spacial score (nSPS) is 14.8. The number of ether oxygens (including phenoxy) is 1. The van der Waals surface area contributed by atoms with Gasteiger partial charge in [-0.2, -0.15) is 0 Å². The molecule has 0 atom stereocenters. The topological polar surface area (TPSA) is 41.6 Å². The summed E-state index contributed by atoms with van der Waals surface area (Å²) >= 11 is 0. The molecule has 4 nitrogen and oxygen atoms in total. The molecule has 0 spiro atoms. The standard InChI is InChI=1S/C22H28N2O2/c1-17-9-10-21(13-18(17)2)26-16-22(25)23-20-8-6-7-19(14-20)15-24-11-4-3-5-12-24/h6-10,13-14H,3-5,11-12,15-16H2,1-2H3,(H,23,25). The van der Waals surface area contributed by atoms with E-state index in [0.29, 0.717) is 0 Å². The van der Waals surface area contributed by atoms with Gasteiger partial charge in [-0.15, -0.1) is 0 Å². The smallest absolute Gasteiger partial charge is 0.262 e. The molecule has 138 valence electrons. The fraction of sp³-hybridized carbons (Fsp3) is 0.409. The molecule has 0 unspecified atom stereocenters. The van der Waals surface area contributed by atoms with Crippen LogP contribution in [0.3, 0.4) is 0 Å². The van der Waals surface area contributed by atoms with Gasteiger partial charge in [0.2, 0.25) is 0 Å². The van der Waals surface area contributed by atoms with E-state index in [1.54, 1.807) is 0 Å². The third kappa shape index (κ3) is 5.33. The van der Waals surface area contributed by atoms with Crippen molar-refractivity contribution in [2.75, 3.05) is 25.0 Å². The van der Waals surface area contributed by atoms with Crippen molar-refractivity contribution in [2.24, 2.45) is 0 Å². The predicted molar refractivity (Wildman–Crippen MR) is 106 cm³/mol. The lowest BCUT2D eigenvalue weighted by molar-refractivity contribution is -0.118. The van der Waals surface area contributed by atoms with E-state index in [2.05, 4.69) is 29.3 Å². The number of piperidine rings is 1. The van der Waals surface area contributed by atoms with Crippen LogP contribution >= 0.6 is 0 Å². The zero-order valence-corrected chi connectivity index (χ0v) is 15.8. The SMILES string of the molecule is Cc1ccc(OCC(=O)Nc2cccc(CN3CCCCC3)c2)cc1C. The summed E-state index contributed by atoms with van der Waals surface area (Å²) in [5, 5.41) is 2.93. The van der Waals surface area contributed by atoms with Crippen LogP contribution in [0.1, 0.15) is 36.0 Å². The van der Waals surface area contributed by atoms with Crippen LogP contribution in [0, 0.1) is 13.8 Å². The van der Waals surface area contributed by atoms with Gasteiger partial charge in [0.05, 0.1) is 0 Å². The van der Waals surface area contributed by atoms with E-state index in [1.807, 2.05) is 37.3 Å². The number of carbonyl (C=O) groups excluding carboxylic acids is 1. The molecule has 2 aromatic carbocycles. The number of rotatable bonds is 6. The zero-order valence-electron chi connectivity index (χ0n) is 15.8. The van der Waals surface area contributed by atoms with Gasteiger partial charge in [0.25, 0.3) is 5.91 Å². The number of nitrogens with zero attached hydrogens (tertiary/aromatic N) is 1. The first kappa shape index (κ1) is 18.5. The van der Waals surface area contributed by atoms with Crippen molar-refractivity contribution >= 4 is 11.6 Å². The first-order valence-electron chi connectivity index (χ1n) is 9.41. The number of carbonyl (C=O) groups is 1. The number of amides is 1. The fourth-order valence-corrected chi connectivity index (χ4v) is 3.27. The molecule has 1 amide bonds. The molecule has 0 aliphatic carbocycles. The summed E-state index contributed by atoms with van der Waals surface area (Å²) in [6.07, 6.45) is 3.91. The van der Waals surface area contributed by atoms with Crippen molar-refractivity contribution < 1.29 is 9.53 Å². The van der Waals surface area contributed by atoms with Crippen LogP contribution in [0.25, 0.3) is 0 Å². The highest BCUT2D eigenvalue weighted by Gasteiger charge is 2.11. The van der Waals surface area contributed by atoms with Gasteiger partial charge >= 0.3 is 0 Å². The largest absolute Gasteiger partial charge is 0.484 e. The van der Waals surface area contributed by atoms with Gasteiger partial charge in [-0.3, -0.25) is 9.69 Å². The molecule has 3 rings (SSSR count). The van der Waals surface area contributed by atoms with Crippen molar-refractivity contribution in [3.05, 3.63) is 59.2 Å². The Kier molecular flexibility index (Phi) is 6.29. The summed E-state index contributed by atoms with van der Waals surface area (Å²) in [7, 11) is 0. The van der Waals surface area contributed by atoms with Gasteiger partial charge < -0.3 is 10.1 Å². The zero-order chi connectivity index (χ0) is 18.4. The lowest BCUT2D eigenvalue weighted by atomic mass is 10.1. The number of aryl methyl sites for hydroxylation is 2. The van der Waals surface area contributed by atoms with Gasteiger partial charge in [0.1, 0.15) is 5.75 Å². The summed E-state index contributed by atoms with van der Waals surface area (Å²) in [6, 6.07) is 14.0. The number of anilines is 1. The number of benzene rings is 2. The molecule has 1 aliphatic rings. The molecule has 4 heteroatoms. The summed E-state index contributed by atoms with van der Waals surface area (Å²) in [4.78, 5) is 14.7. The van der Waals surface area contributed by atoms with Crippen LogP contribution in [0.5, 0.6) is 5.75 Å². The minimum Gasteiger partial charge on any atom is -0.484 e. The maximum absolute atomic E-state index is 12.2. The number of nitrogens with one attached hydrogen (secondary N) is 1. The molecular formula is C22H28N2O2. The first-order chi connectivity index (χ1) is 12.6. The fourth-order valence-electron chi connectivity index (χ4n) is 3.27. The average Bonchev–Trinajstić information content (AvgIpc) is 2.64. The maximum atomic E-state index is 12.2. The molecule has 1 N–H and O–H groups in total. The van der Waals surface area contributed by atoms with E-state index in [1.165, 1.54) is 43.5 Å². The molecule has 1 saturated heterocycles. The van der Waals surface area contributed by atoms with Crippen molar-refractivity contribution in [2.45, 2.75) is 39.7 Å². The number of hydrogen-bond acceptors (Lipinski definition) is 3. The summed E-state index contributed by atoms with van der Waals surface area (Å²) in [5.41, 5.74) is 4.44. The van der Waals surface area contributed by atoms with Gasteiger partial charge in [0, 0.05) is 12.2 Å². The van der Waals surface area contributed by atoms with Crippen molar-refractivity contribution in [3.63, 3.8) is 0 Å². The van der Waals surface area contributed by atoms with Gasteiger partial charge in [-0.1, -0.05) is 24.6 Å². The molecule has 0 saturated carbocycles. The molecule has 0 aromatic heterocycles. The molecular weight excluding hydrogens is 324 g/mol. The van der Waals surface area contributed by atoms with Crippen LogP contribution in [0.4, 0.5) is 5.69 Å². The number of hydrogen-bond donors (Lipinski definition) is 1. The van der Waals surface area contributed by atoms with Crippen LogP contribution in [0.2, 0.25) is 0 Å². The van der Waals surface area contributed by atoms with E-state index < -0.39 is 0 Å². The summed E-state index contributed by atoms with van der Waals surface area (Å²) in [5.74, 6) is 0.584. The first-order valence-corrected chi connectivity index (χ1v) is 9.41. The Morgan fingerprint density at radius 1 is 1.04 bits per heavy atom. The van der Waals surface area contributed by atoms with Gasteiger partial charge in [0.15, 0.2) is 6.61 Å². The highest BCUT2D eigenvalue weighted by molar-refractivity contribution is 5.91. The quantitative estimate of drug-likeness (QED) is 0.842. The Morgan fingerprint density at radius 3 is 2.62 bits per heavy atom. The minimum absolute atomic E-state index is 0.0128. The van der Waals surface area contributed by atoms with Crippen molar-refractivity contribution in [1.82, 2.24) is 4.90 Å². The van der Waals surface area contributed by atoms with Crippen LogP contribution < -0.4 is 10.1 Å². The second kappa shape index (κ2) is 8.86. The molecule has 2 aromatic rings. The van der Waals surface area contributed by atoms with Crippen molar-refractivity contribution in [3.8, 4) is 5.75 Å². The maximum Gasteiger partial charge on any atom is 0.262 e. The second-order valence-corrected chi connectivity index (χ2v) is 7.12. The molecule has 0 bridgehead atoms. The summed E-state index contributed by atoms with van der Waals surface area (Å²) in [6.45, 7) is 7.39. The Labute approximate surface area is 156 Å². The van der Waals surface area contributed by atoms with E-state index >= 15 is 0 Å². The van der Waals surface area contributed by atoms with E-state index in [9.17, 15) is 4.79 Å². The monoisotopic (exact) mass is 352 g/mol. The Hall–Kier alpha value is -2.33. The molecule has 1 fully saturated rings. The van der Waals surface area contributed by atoms with Crippen LogP contribution in [0.15, 0.2) is 42.5 Å². The third-order valence-corrected chi connectivity index (χ3v) is 4.91. The van der Waals surface area contributed by atoms with Gasteiger partial charge in [-0.25, -0.2) is 0 Å². The molecule has 26 heavy (non-hydrogen) atoms. The molecule has 1 aliphatic heterocycles. The van der Waals surface area contributed by atoms with E-state index in [-0.39, 0.29) is 12.5 Å². The lowest BCUT2D eigenvalue weighted by Crippen LogP contribution is -2.29. The van der Waals surface area contributed by atoms with Crippen LogP contribution in [-0.2, 0) is 11.3 Å². The van der Waals surface area contributed by atoms with Gasteiger partial charge in [-0.05, 0) is 80.7 Å². The average molecular weight is 352 g/mol. The van der Waals surface area contributed by atoms with E-state index in [4.69, 9.17) is 4.74 Å².